The van der Waals surface area contributed by atoms with Gasteiger partial charge in [-0.15, -0.1) is 0 Å². The third kappa shape index (κ3) is 6.24. The molecule has 0 aliphatic carbocycles. The van der Waals surface area contributed by atoms with Gasteiger partial charge in [0.25, 0.3) is 5.91 Å². The number of benzene rings is 1. The van der Waals surface area contributed by atoms with Crippen molar-refractivity contribution in [1.82, 2.24) is 5.32 Å². The number of amides is 2. The van der Waals surface area contributed by atoms with Crippen LogP contribution in [0.3, 0.4) is 0 Å². The van der Waals surface area contributed by atoms with E-state index < -0.39 is 23.7 Å². The Morgan fingerprint density at radius 3 is 2.41 bits per heavy atom. The SMILES string of the molecule is CCCCCCCC[C@@H](NC(=O)c1ccccc1F)C(N)=O. The van der Waals surface area contributed by atoms with Crippen molar-refractivity contribution in [3.63, 3.8) is 0 Å². The maximum atomic E-state index is 13.5. The molecular formula is C17H25FN2O2. The molecule has 0 aliphatic heterocycles. The summed E-state index contributed by atoms with van der Waals surface area (Å²) in [6, 6.07) is 4.92. The minimum absolute atomic E-state index is 0.0725. The largest absolute Gasteiger partial charge is 0.368 e. The monoisotopic (exact) mass is 308 g/mol. The number of hydrogen-bond donors (Lipinski definition) is 2. The number of unbranched alkanes of at least 4 members (excludes halogenated alkanes) is 5. The number of rotatable bonds is 10. The molecule has 0 saturated carbocycles. The van der Waals surface area contributed by atoms with Gasteiger partial charge in [-0.1, -0.05) is 57.6 Å². The zero-order chi connectivity index (χ0) is 16.4. The second kappa shape index (κ2) is 9.92. The number of nitrogens with one attached hydrogen (secondary N) is 1. The second-order valence-corrected chi connectivity index (χ2v) is 5.46. The molecule has 2 amide bonds. The van der Waals surface area contributed by atoms with Crippen LogP contribution in [0.5, 0.6) is 0 Å². The highest BCUT2D eigenvalue weighted by Gasteiger charge is 2.20. The van der Waals surface area contributed by atoms with E-state index in [1.165, 1.54) is 37.5 Å². The fourth-order valence-corrected chi connectivity index (χ4v) is 2.30. The van der Waals surface area contributed by atoms with Crippen molar-refractivity contribution in [2.45, 2.75) is 57.9 Å². The Morgan fingerprint density at radius 2 is 1.77 bits per heavy atom. The lowest BCUT2D eigenvalue weighted by Crippen LogP contribution is -2.44. The third-order valence-electron chi connectivity index (χ3n) is 3.61. The normalized spacial score (nSPS) is 11.9. The molecule has 0 fully saturated rings. The highest BCUT2D eigenvalue weighted by atomic mass is 19.1. The summed E-state index contributed by atoms with van der Waals surface area (Å²) in [5, 5.41) is 2.52. The molecule has 0 radical (unpaired) electrons. The molecule has 0 spiro atoms. The second-order valence-electron chi connectivity index (χ2n) is 5.46. The van der Waals surface area contributed by atoms with Crippen LogP contribution in [0.4, 0.5) is 4.39 Å². The summed E-state index contributed by atoms with van der Waals surface area (Å²) >= 11 is 0. The summed E-state index contributed by atoms with van der Waals surface area (Å²) in [7, 11) is 0. The molecule has 0 bridgehead atoms. The first-order valence-corrected chi connectivity index (χ1v) is 7.91. The fraction of sp³-hybridized carbons (Fsp3) is 0.529. The Kier molecular flexibility index (Phi) is 8.18. The van der Waals surface area contributed by atoms with E-state index in [0.717, 1.165) is 19.3 Å². The van der Waals surface area contributed by atoms with Crippen LogP contribution in [0.25, 0.3) is 0 Å². The van der Waals surface area contributed by atoms with Crippen molar-refractivity contribution in [2.24, 2.45) is 5.73 Å². The predicted octanol–water partition coefficient (Wildman–Crippen LogP) is 3.16. The molecule has 1 rings (SSSR count). The molecule has 0 saturated heterocycles. The molecule has 0 heterocycles. The van der Waals surface area contributed by atoms with Crippen molar-refractivity contribution in [1.29, 1.82) is 0 Å². The Bertz CT molecular complexity index is 491. The van der Waals surface area contributed by atoms with Crippen LogP contribution in [0.2, 0.25) is 0 Å². The van der Waals surface area contributed by atoms with E-state index in [2.05, 4.69) is 12.2 Å². The quantitative estimate of drug-likeness (QED) is 0.652. The van der Waals surface area contributed by atoms with Crippen molar-refractivity contribution >= 4 is 11.8 Å². The van der Waals surface area contributed by atoms with Gasteiger partial charge < -0.3 is 11.1 Å². The summed E-state index contributed by atoms with van der Waals surface area (Å²) < 4.78 is 13.5. The van der Waals surface area contributed by atoms with Gasteiger partial charge in [-0.05, 0) is 18.6 Å². The van der Waals surface area contributed by atoms with Gasteiger partial charge in [0.2, 0.25) is 5.91 Å². The standard InChI is InChI=1S/C17H25FN2O2/c1-2-3-4-5-6-7-12-15(16(19)21)20-17(22)13-10-8-9-11-14(13)18/h8-11,15H,2-7,12H2,1H3,(H2,19,21)(H,20,22)/t15-/m1/s1. The Balaban J connectivity index is 2.45. The Labute approximate surface area is 131 Å². The zero-order valence-electron chi connectivity index (χ0n) is 13.1. The minimum Gasteiger partial charge on any atom is -0.368 e. The van der Waals surface area contributed by atoms with Crippen molar-refractivity contribution < 1.29 is 14.0 Å². The van der Waals surface area contributed by atoms with Gasteiger partial charge in [0, 0.05) is 0 Å². The summed E-state index contributed by atoms with van der Waals surface area (Å²) in [4.78, 5) is 23.4. The maximum absolute atomic E-state index is 13.5. The molecule has 1 aromatic carbocycles. The van der Waals surface area contributed by atoms with Gasteiger partial charge in [-0.2, -0.15) is 0 Å². The van der Waals surface area contributed by atoms with Crippen LogP contribution in [-0.4, -0.2) is 17.9 Å². The first-order valence-electron chi connectivity index (χ1n) is 7.91. The van der Waals surface area contributed by atoms with Crippen LogP contribution >= 0.6 is 0 Å². The van der Waals surface area contributed by atoms with E-state index in [1.807, 2.05) is 0 Å². The molecule has 0 unspecified atom stereocenters. The molecule has 5 heteroatoms. The van der Waals surface area contributed by atoms with Gasteiger partial charge in [-0.25, -0.2) is 4.39 Å². The molecule has 22 heavy (non-hydrogen) atoms. The van der Waals surface area contributed by atoms with Crippen LogP contribution < -0.4 is 11.1 Å². The fourth-order valence-electron chi connectivity index (χ4n) is 2.30. The first kappa shape index (κ1) is 18.1. The van der Waals surface area contributed by atoms with Gasteiger partial charge >= 0.3 is 0 Å². The average Bonchev–Trinajstić information content (AvgIpc) is 2.49. The Morgan fingerprint density at radius 1 is 1.14 bits per heavy atom. The van der Waals surface area contributed by atoms with E-state index in [4.69, 9.17) is 5.73 Å². The molecule has 4 nitrogen and oxygen atoms in total. The van der Waals surface area contributed by atoms with Gasteiger partial charge in [0.1, 0.15) is 11.9 Å². The van der Waals surface area contributed by atoms with Gasteiger partial charge in [-0.3, -0.25) is 9.59 Å². The summed E-state index contributed by atoms with van der Waals surface area (Å²) in [5.41, 5.74) is 5.24. The number of primary amides is 1. The molecule has 0 aromatic heterocycles. The lowest BCUT2D eigenvalue weighted by Gasteiger charge is -2.15. The van der Waals surface area contributed by atoms with Crippen molar-refractivity contribution in [3.8, 4) is 0 Å². The zero-order valence-corrected chi connectivity index (χ0v) is 13.1. The van der Waals surface area contributed by atoms with E-state index in [0.29, 0.717) is 6.42 Å². The third-order valence-corrected chi connectivity index (χ3v) is 3.61. The average molecular weight is 308 g/mol. The van der Waals surface area contributed by atoms with Crippen LogP contribution in [0, 0.1) is 5.82 Å². The van der Waals surface area contributed by atoms with E-state index >= 15 is 0 Å². The summed E-state index contributed by atoms with van der Waals surface area (Å²) in [5.74, 6) is -1.80. The number of hydrogen-bond acceptors (Lipinski definition) is 2. The summed E-state index contributed by atoms with van der Waals surface area (Å²) in [6.45, 7) is 2.15. The topological polar surface area (TPSA) is 72.2 Å². The molecule has 0 aliphatic rings. The van der Waals surface area contributed by atoms with E-state index in [-0.39, 0.29) is 5.56 Å². The van der Waals surface area contributed by atoms with Gasteiger partial charge in [0.05, 0.1) is 5.56 Å². The molecule has 1 atom stereocenters. The van der Waals surface area contributed by atoms with E-state index in [1.54, 1.807) is 6.07 Å². The van der Waals surface area contributed by atoms with Crippen molar-refractivity contribution in [2.75, 3.05) is 0 Å². The lowest BCUT2D eigenvalue weighted by molar-refractivity contribution is -0.120. The Hall–Kier alpha value is -1.91. The first-order chi connectivity index (χ1) is 10.6. The van der Waals surface area contributed by atoms with Crippen LogP contribution in [0.15, 0.2) is 24.3 Å². The number of carbonyl (C=O) groups excluding carboxylic acids is 2. The summed E-state index contributed by atoms with van der Waals surface area (Å²) in [6.07, 6.45) is 6.99. The highest BCUT2D eigenvalue weighted by molar-refractivity contribution is 5.97. The number of carbonyl (C=O) groups is 2. The maximum Gasteiger partial charge on any atom is 0.254 e. The minimum atomic E-state index is -0.752. The predicted molar refractivity (Wildman–Crippen MR) is 84.8 cm³/mol. The molecule has 3 N–H and O–H groups in total. The lowest BCUT2D eigenvalue weighted by atomic mass is 10.0. The number of nitrogens with two attached hydrogens (primary N) is 1. The van der Waals surface area contributed by atoms with Gasteiger partial charge in [0.15, 0.2) is 0 Å². The van der Waals surface area contributed by atoms with Crippen LogP contribution in [0.1, 0.15) is 62.2 Å². The smallest absolute Gasteiger partial charge is 0.254 e. The van der Waals surface area contributed by atoms with Crippen molar-refractivity contribution in [3.05, 3.63) is 35.6 Å². The van der Waals surface area contributed by atoms with Crippen LogP contribution in [-0.2, 0) is 4.79 Å². The number of halogens is 1. The molecule has 1 aromatic rings. The van der Waals surface area contributed by atoms with E-state index in [9.17, 15) is 14.0 Å². The highest BCUT2D eigenvalue weighted by Crippen LogP contribution is 2.10. The molecule has 122 valence electrons. The molecular weight excluding hydrogens is 283 g/mol.